The Morgan fingerprint density at radius 2 is 1.67 bits per heavy atom. The monoisotopic (exact) mass is 370 g/mol. The van der Waals surface area contributed by atoms with Gasteiger partial charge >= 0.3 is 6.18 Å². The molecule has 2 nitrogen and oxygen atoms in total. The fourth-order valence-corrected chi connectivity index (χ4v) is 2.87. The molecule has 0 saturated heterocycles. The second-order valence-electron chi connectivity index (χ2n) is 5.12. The molecular weight excluding hydrogens is 353 g/mol. The summed E-state index contributed by atoms with van der Waals surface area (Å²) in [5.41, 5.74) is 1.06. The molecule has 2 aromatic carbocycles. The molecule has 0 aliphatic rings. The van der Waals surface area contributed by atoms with Crippen molar-refractivity contribution < 1.29 is 13.2 Å². The van der Waals surface area contributed by atoms with Gasteiger partial charge in [-0.2, -0.15) is 13.2 Å². The lowest BCUT2D eigenvalue weighted by atomic mass is 10.2. The van der Waals surface area contributed by atoms with E-state index in [1.165, 1.54) is 22.6 Å². The summed E-state index contributed by atoms with van der Waals surface area (Å²) in [5.74, 6) is 0.831. The van der Waals surface area contributed by atoms with E-state index in [2.05, 4.69) is 34.9 Å². The van der Waals surface area contributed by atoms with Crippen LogP contribution in [0.15, 0.2) is 53.4 Å². The largest absolute Gasteiger partial charge is 0.416 e. The Morgan fingerprint density at radius 3 is 2.25 bits per heavy atom. The van der Waals surface area contributed by atoms with Crippen molar-refractivity contribution in [3.8, 4) is 0 Å². The van der Waals surface area contributed by atoms with Crippen LogP contribution in [-0.2, 0) is 6.18 Å². The van der Waals surface area contributed by atoms with E-state index in [1.54, 1.807) is 11.8 Å². The number of thioether (sulfide) groups is 1. The Hall–Kier alpha value is -1.73. The molecule has 7 heteroatoms. The molecule has 0 spiro atoms. The smallest absolute Gasteiger partial charge is 0.362 e. The lowest BCUT2D eigenvalue weighted by Crippen LogP contribution is -2.30. The summed E-state index contributed by atoms with van der Waals surface area (Å²) in [5, 5.41) is 6.29. The maximum Gasteiger partial charge on any atom is 0.416 e. The van der Waals surface area contributed by atoms with Crippen molar-refractivity contribution in [3.63, 3.8) is 0 Å². The highest BCUT2D eigenvalue weighted by Gasteiger charge is 2.29. The molecule has 0 aromatic heterocycles. The van der Waals surface area contributed by atoms with Gasteiger partial charge in [0.15, 0.2) is 5.11 Å². The van der Waals surface area contributed by atoms with Gasteiger partial charge in [-0.1, -0.05) is 17.7 Å². The van der Waals surface area contributed by atoms with Crippen LogP contribution in [0.4, 0.5) is 18.9 Å². The Bertz CT molecular complexity index is 668. The summed E-state index contributed by atoms with van der Waals surface area (Å²) >= 11 is 6.84. The standard InChI is InChI=1S/C17H17F3N2S2/c1-12-2-8-15(9-3-12)24-11-10-21-16(23)22-14-6-4-13(5-7-14)17(18,19)20/h2-9H,10-11H2,1H3,(H2,21,22,23). The highest BCUT2D eigenvalue weighted by Crippen LogP contribution is 2.29. The van der Waals surface area contributed by atoms with Crippen molar-refractivity contribution in [2.75, 3.05) is 17.6 Å². The van der Waals surface area contributed by atoms with Crippen LogP contribution in [-0.4, -0.2) is 17.4 Å². The van der Waals surface area contributed by atoms with Gasteiger partial charge in [-0.15, -0.1) is 11.8 Å². The van der Waals surface area contributed by atoms with Crippen molar-refractivity contribution in [2.24, 2.45) is 0 Å². The highest BCUT2D eigenvalue weighted by molar-refractivity contribution is 7.99. The lowest BCUT2D eigenvalue weighted by Gasteiger charge is -2.12. The van der Waals surface area contributed by atoms with Gasteiger partial charge in [0.1, 0.15) is 0 Å². The zero-order valence-corrected chi connectivity index (χ0v) is 14.6. The maximum absolute atomic E-state index is 12.5. The maximum atomic E-state index is 12.5. The van der Waals surface area contributed by atoms with Crippen LogP contribution >= 0.6 is 24.0 Å². The molecule has 0 bridgehead atoms. The number of alkyl halides is 3. The molecule has 24 heavy (non-hydrogen) atoms. The predicted octanol–water partition coefficient (Wildman–Crippen LogP) is 5.09. The summed E-state index contributed by atoms with van der Waals surface area (Å²) in [6, 6.07) is 13.0. The number of hydrogen-bond acceptors (Lipinski definition) is 2. The molecule has 2 rings (SSSR count). The van der Waals surface area contributed by atoms with Crippen molar-refractivity contribution in [3.05, 3.63) is 59.7 Å². The zero-order chi connectivity index (χ0) is 17.6. The molecule has 2 aromatic rings. The molecule has 0 unspecified atom stereocenters. The van der Waals surface area contributed by atoms with E-state index in [1.807, 2.05) is 6.92 Å². The molecule has 0 atom stereocenters. The van der Waals surface area contributed by atoms with E-state index in [-0.39, 0.29) is 0 Å². The van der Waals surface area contributed by atoms with E-state index in [4.69, 9.17) is 12.2 Å². The molecule has 0 aliphatic carbocycles. The molecule has 0 heterocycles. The molecule has 2 N–H and O–H groups in total. The minimum Gasteiger partial charge on any atom is -0.362 e. The third-order valence-electron chi connectivity index (χ3n) is 3.15. The van der Waals surface area contributed by atoms with Gasteiger partial charge in [-0.05, 0) is 55.5 Å². The van der Waals surface area contributed by atoms with Crippen molar-refractivity contribution in [1.29, 1.82) is 0 Å². The number of hydrogen-bond donors (Lipinski definition) is 2. The molecule has 0 radical (unpaired) electrons. The van der Waals surface area contributed by atoms with Crippen LogP contribution in [0.5, 0.6) is 0 Å². The quantitative estimate of drug-likeness (QED) is 0.435. The lowest BCUT2D eigenvalue weighted by molar-refractivity contribution is -0.137. The van der Waals surface area contributed by atoms with Crippen LogP contribution in [0.2, 0.25) is 0 Å². The van der Waals surface area contributed by atoms with E-state index < -0.39 is 11.7 Å². The first-order valence-electron chi connectivity index (χ1n) is 7.26. The van der Waals surface area contributed by atoms with Gasteiger partial charge in [0.25, 0.3) is 0 Å². The number of thiocarbonyl (C=S) groups is 1. The first-order valence-corrected chi connectivity index (χ1v) is 8.65. The normalized spacial score (nSPS) is 11.2. The first kappa shape index (κ1) is 18.6. The van der Waals surface area contributed by atoms with Gasteiger partial charge in [-0.25, -0.2) is 0 Å². The highest BCUT2D eigenvalue weighted by atomic mass is 32.2. The Labute approximate surface area is 148 Å². The zero-order valence-electron chi connectivity index (χ0n) is 13.0. The average Bonchev–Trinajstić information content (AvgIpc) is 2.53. The van der Waals surface area contributed by atoms with Crippen LogP contribution in [0.25, 0.3) is 0 Å². The van der Waals surface area contributed by atoms with E-state index in [0.29, 0.717) is 17.3 Å². The Balaban J connectivity index is 1.72. The fourth-order valence-electron chi connectivity index (χ4n) is 1.89. The van der Waals surface area contributed by atoms with Crippen molar-refractivity contribution in [2.45, 2.75) is 18.0 Å². The second-order valence-corrected chi connectivity index (χ2v) is 6.69. The van der Waals surface area contributed by atoms with Gasteiger partial charge in [0, 0.05) is 22.9 Å². The summed E-state index contributed by atoms with van der Waals surface area (Å²) in [6.45, 7) is 2.70. The van der Waals surface area contributed by atoms with Gasteiger partial charge in [0.2, 0.25) is 0 Å². The van der Waals surface area contributed by atoms with Crippen molar-refractivity contribution >= 4 is 34.8 Å². The van der Waals surface area contributed by atoms with Crippen LogP contribution in [0.1, 0.15) is 11.1 Å². The summed E-state index contributed by atoms with van der Waals surface area (Å²) < 4.78 is 37.5. The molecule has 128 valence electrons. The number of halogens is 3. The topological polar surface area (TPSA) is 24.1 Å². The fraction of sp³-hybridized carbons (Fsp3) is 0.235. The number of nitrogens with one attached hydrogen (secondary N) is 2. The van der Waals surface area contributed by atoms with E-state index >= 15 is 0 Å². The van der Waals surface area contributed by atoms with E-state index in [9.17, 15) is 13.2 Å². The molecule has 0 fully saturated rings. The molecule has 0 amide bonds. The molecular formula is C17H17F3N2S2. The van der Waals surface area contributed by atoms with Gasteiger partial charge in [0.05, 0.1) is 5.56 Å². The average molecular weight is 370 g/mol. The second kappa shape index (κ2) is 8.39. The Morgan fingerprint density at radius 1 is 1.04 bits per heavy atom. The van der Waals surface area contributed by atoms with Gasteiger partial charge in [-0.3, -0.25) is 0 Å². The Kier molecular flexibility index (Phi) is 6.51. The molecule has 0 saturated carbocycles. The van der Waals surface area contributed by atoms with Crippen molar-refractivity contribution in [1.82, 2.24) is 5.32 Å². The van der Waals surface area contributed by atoms with Crippen LogP contribution in [0.3, 0.4) is 0 Å². The predicted molar refractivity (Wildman–Crippen MR) is 97.6 cm³/mol. The number of anilines is 1. The minimum absolute atomic E-state index is 0.388. The van der Waals surface area contributed by atoms with Gasteiger partial charge < -0.3 is 10.6 Å². The third-order valence-corrected chi connectivity index (χ3v) is 4.41. The number of rotatable bonds is 5. The van der Waals surface area contributed by atoms with E-state index in [0.717, 1.165) is 17.9 Å². The third kappa shape index (κ3) is 6.05. The first-order chi connectivity index (χ1) is 11.3. The number of aryl methyl sites for hydroxylation is 1. The summed E-state index contributed by atoms with van der Waals surface area (Å²) in [4.78, 5) is 1.18. The summed E-state index contributed by atoms with van der Waals surface area (Å²) in [7, 11) is 0. The van der Waals surface area contributed by atoms with Crippen LogP contribution < -0.4 is 10.6 Å². The SMILES string of the molecule is Cc1ccc(SCCNC(=S)Nc2ccc(C(F)(F)F)cc2)cc1. The number of benzene rings is 2. The minimum atomic E-state index is -4.33. The molecule has 0 aliphatic heterocycles. The summed E-state index contributed by atoms with van der Waals surface area (Å²) in [6.07, 6.45) is -4.33. The van der Waals surface area contributed by atoms with Crippen LogP contribution in [0, 0.1) is 6.92 Å².